The Kier molecular flexibility index (Phi) is 40.5. The van der Waals surface area contributed by atoms with E-state index >= 15 is 0 Å². The molecule has 2 heterocycles. The summed E-state index contributed by atoms with van der Waals surface area (Å²) in [5, 5.41) is 71.4. The first-order valence-corrected chi connectivity index (χ1v) is 42.1. The second kappa shape index (κ2) is 51.4. The average molecular weight is 1690 g/mol. The number of nitrogens with zero attached hydrogens (tertiary/aromatic N) is 8. The van der Waals surface area contributed by atoms with Gasteiger partial charge in [0, 0.05) is 62.0 Å². The Labute approximate surface area is 724 Å². The molecule has 8 N–H and O–H groups in total. The van der Waals surface area contributed by atoms with Crippen LogP contribution >= 0.6 is 0 Å². The summed E-state index contributed by atoms with van der Waals surface area (Å²) < 4.78 is 10.1. The van der Waals surface area contributed by atoms with E-state index in [4.69, 9.17) is 19.7 Å². The summed E-state index contributed by atoms with van der Waals surface area (Å²) in [7, 11) is 0. The standard InChI is InChI=1S/2C24H29N5O3.2C24H29NO5/c2*1-4-5-10-21(30)29(22(16(2)3)24(31)32)15-17-11-13-18(14-12-17)19-8-6-7-9-20(19)23-25-27-28-26-23;2*1-3-30-24(29)17(2)15-21(25-22(26)13-14-23(27)28)16-18-9-11-20(12-10-18)19-7-5-4-6-8-19/h2*6-9,11-14,16,22H,4-5,10,15H2,1-3H3,(H,31,32)(H,25,26,27,28);2*4-12,17,21H,3,13-16H2,1-2H3,(H,25,26)(H,27,28)/t2*22-;2*17-,21+/m0011/s1. The van der Waals surface area contributed by atoms with Crippen LogP contribution in [0.5, 0.6) is 0 Å². The highest BCUT2D eigenvalue weighted by molar-refractivity contribution is 5.87. The number of unbranched alkanes of at least 4 members (excludes halogenated alkanes) is 2. The maximum Gasteiger partial charge on any atom is 0.326 e. The number of ether oxygens (including phenoxy) is 2. The first-order chi connectivity index (χ1) is 59.6. The molecular formula is C96H116N12O16. The van der Waals surface area contributed by atoms with Gasteiger partial charge in [-0.25, -0.2) is 9.59 Å². The van der Waals surface area contributed by atoms with E-state index < -0.39 is 36.0 Å². The quantitative estimate of drug-likeness (QED) is 0.0165. The fourth-order valence-electron chi connectivity index (χ4n) is 14.1. The van der Waals surface area contributed by atoms with E-state index in [1.807, 2.05) is 248 Å². The number of tetrazole rings is 2. The Balaban J connectivity index is 0.000000227. The van der Waals surface area contributed by atoms with Gasteiger partial charge >= 0.3 is 35.8 Å². The maximum atomic E-state index is 12.9. The number of rotatable bonds is 42. The number of benzene rings is 8. The van der Waals surface area contributed by atoms with Gasteiger partial charge < -0.3 is 50.3 Å². The number of nitrogens with one attached hydrogen (secondary N) is 4. The lowest BCUT2D eigenvalue weighted by Gasteiger charge is -2.32. The molecule has 28 nitrogen and oxygen atoms in total. The third-order valence-corrected chi connectivity index (χ3v) is 20.4. The smallest absolute Gasteiger partial charge is 0.326 e. The van der Waals surface area contributed by atoms with E-state index in [9.17, 15) is 58.2 Å². The van der Waals surface area contributed by atoms with Crippen LogP contribution in [0.15, 0.2) is 206 Å². The molecule has 2 aromatic heterocycles. The van der Waals surface area contributed by atoms with Crippen molar-refractivity contribution in [3.05, 3.63) is 229 Å². The van der Waals surface area contributed by atoms with Gasteiger partial charge in [0.15, 0.2) is 0 Å². The van der Waals surface area contributed by atoms with E-state index in [0.29, 0.717) is 63.4 Å². The van der Waals surface area contributed by atoms with Gasteiger partial charge in [-0.15, -0.1) is 20.4 Å². The van der Waals surface area contributed by atoms with Crippen molar-refractivity contribution in [2.24, 2.45) is 23.7 Å². The second-order valence-electron chi connectivity index (χ2n) is 30.9. The summed E-state index contributed by atoms with van der Waals surface area (Å²) in [6, 6.07) is 65.1. The summed E-state index contributed by atoms with van der Waals surface area (Å²) in [4.78, 5) is 122. The molecule has 0 aliphatic rings. The predicted octanol–water partition coefficient (Wildman–Crippen LogP) is 16.0. The van der Waals surface area contributed by atoms with E-state index in [1.54, 1.807) is 27.7 Å². The van der Waals surface area contributed by atoms with Crippen LogP contribution < -0.4 is 10.6 Å². The van der Waals surface area contributed by atoms with Gasteiger partial charge in [0.2, 0.25) is 35.3 Å². The number of esters is 2. The first-order valence-electron chi connectivity index (χ1n) is 42.1. The summed E-state index contributed by atoms with van der Waals surface area (Å²) >= 11 is 0. The molecule has 0 spiro atoms. The number of carbonyl (C=O) groups is 10. The summed E-state index contributed by atoms with van der Waals surface area (Å²) in [5.74, 6) is -5.63. The molecule has 0 aliphatic carbocycles. The number of aromatic nitrogens is 8. The van der Waals surface area contributed by atoms with E-state index in [0.717, 1.165) is 104 Å². The zero-order valence-corrected chi connectivity index (χ0v) is 72.2. The average Bonchev–Trinajstić information content (AvgIpc) is 1.50. The zero-order valence-electron chi connectivity index (χ0n) is 72.2. The molecule has 28 heteroatoms. The van der Waals surface area contributed by atoms with Gasteiger partial charge in [-0.1, -0.05) is 274 Å². The molecule has 8 aromatic carbocycles. The highest BCUT2D eigenvalue weighted by Crippen LogP contribution is 2.33. The summed E-state index contributed by atoms with van der Waals surface area (Å²) in [6.45, 7) is 19.5. The molecule has 10 aromatic rings. The van der Waals surface area contributed by atoms with Gasteiger partial charge in [-0.2, -0.15) is 10.4 Å². The molecule has 0 saturated carbocycles. The fourth-order valence-corrected chi connectivity index (χ4v) is 14.1. The lowest BCUT2D eigenvalue weighted by molar-refractivity contribution is -0.153. The van der Waals surface area contributed by atoms with Crippen LogP contribution in [-0.2, 0) is 83.4 Å². The Bertz CT molecular complexity index is 4670. The Morgan fingerprint density at radius 2 is 0.677 bits per heavy atom. The molecule has 0 radical (unpaired) electrons. The highest BCUT2D eigenvalue weighted by Gasteiger charge is 2.34. The molecule has 0 bridgehead atoms. The van der Waals surface area contributed by atoms with Crippen molar-refractivity contribution in [1.29, 1.82) is 0 Å². The third kappa shape index (κ3) is 31.9. The molecule has 10 rings (SSSR count). The van der Waals surface area contributed by atoms with Gasteiger partial charge in [-0.05, 0) is 141 Å². The molecule has 656 valence electrons. The minimum absolute atomic E-state index is 0.0907. The number of hydrogen-bond acceptors (Lipinski definition) is 18. The lowest BCUT2D eigenvalue weighted by atomic mass is 9.94. The summed E-state index contributed by atoms with van der Waals surface area (Å²) in [6.07, 6.45) is 5.23. The van der Waals surface area contributed by atoms with E-state index in [1.165, 1.54) is 9.80 Å². The second-order valence-corrected chi connectivity index (χ2v) is 30.9. The lowest BCUT2D eigenvalue weighted by Crippen LogP contribution is -2.47. The SMILES string of the molecule is CCCCC(=O)N(Cc1ccc(-c2ccccc2-c2nn[nH]n2)cc1)[C@H](C(=O)O)C(C)C.CCCCC(=O)N(Cc1ccc(-c2ccccc2-c2nn[nH]n2)cc1)[C@H](C(=O)O)C(C)C.CCOC(=O)[C@H](C)C[C@@H](Cc1ccc(-c2ccccc2)cc1)NC(=O)CCC(=O)O.CCOC(=O)[C@H](C)C[C@@H](Cc1ccc(-c2ccccc2)cc1)NC(=O)CCC(=O)O. The van der Waals surface area contributed by atoms with Crippen molar-refractivity contribution in [2.75, 3.05) is 13.2 Å². The van der Waals surface area contributed by atoms with Crippen molar-refractivity contribution in [3.8, 4) is 67.3 Å². The van der Waals surface area contributed by atoms with E-state index in [2.05, 4.69) is 51.9 Å². The molecule has 6 atom stereocenters. The van der Waals surface area contributed by atoms with Crippen LogP contribution in [0.3, 0.4) is 0 Å². The third-order valence-electron chi connectivity index (χ3n) is 20.4. The van der Waals surface area contributed by atoms with Crippen LogP contribution in [0.1, 0.15) is 169 Å². The largest absolute Gasteiger partial charge is 0.481 e. The molecular weight excluding hydrogens is 1580 g/mol. The van der Waals surface area contributed by atoms with Crippen LogP contribution in [0.2, 0.25) is 0 Å². The normalized spacial score (nSPS) is 12.3. The highest BCUT2D eigenvalue weighted by atomic mass is 16.5. The minimum atomic E-state index is -1.02. The predicted molar refractivity (Wildman–Crippen MR) is 472 cm³/mol. The topological polar surface area (TPSA) is 410 Å². The number of aliphatic carboxylic acids is 4. The number of carboxylic acids is 4. The van der Waals surface area contributed by atoms with Crippen molar-refractivity contribution in [3.63, 3.8) is 0 Å². The number of hydrogen-bond donors (Lipinski definition) is 8. The number of carboxylic acid groups (broad SMARTS) is 4. The van der Waals surface area contributed by atoms with Gasteiger partial charge in [0.1, 0.15) is 12.1 Å². The number of H-pyrrole nitrogens is 2. The molecule has 0 fully saturated rings. The molecule has 0 unspecified atom stereocenters. The van der Waals surface area contributed by atoms with Crippen LogP contribution in [0, 0.1) is 23.7 Å². The number of amides is 4. The van der Waals surface area contributed by atoms with Crippen molar-refractivity contribution >= 4 is 59.4 Å². The number of aromatic amines is 2. The van der Waals surface area contributed by atoms with Gasteiger partial charge in [-0.3, -0.25) is 38.4 Å². The van der Waals surface area contributed by atoms with Gasteiger partial charge in [0.05, 0.1) is 37.9 Å². The summed E-state index contributed by atoms with van der Waals surface area (Å²) in [5.41, 5.74) is 13.8. The first kappa shape index (κ1) is 97.7. The van der Waals surface area contributed by atoms with Crippen LogP contribution in [0.4, 0.5) is 0 Å². The van der Waals surface area contributed by atoms with E-state index in [-0.39, 0.29) is 110 Å². The Hall–Kier alpha value is -13.4. The number of carbonyl (C=O) groups excluding carboxylic acids is 6. The zero-order chi connectivity index (χ0) is 90.0. The molecule has 124 heavy (non-hydrogen) atoms. The van der Waals surface area contributed by atoms with Crippen molar-refractivity contribution in [1.82, 2.24) is 61.7 Å². The molecule has 0 saturated heterocycles. The van der Waals surface area contributed by atoms with Crippen LogP contribution in [0.25, 0.3) is 67.3 Å². The van der Waals surface area contributed by atoms with Gasteiger partial charge in [0.25, 0.3) is 0 Å². The van der Waals surface area contributed by atoms with Crippen molar-refractivity contribution < 1.29 is 77.8 Å². The Morgan fingerprint density at radius 1 is 0.371 bits per heavy atom. The van der Waals surface area contributed by atoms with Crippen LogP contribution in [-0.4, -0.2) is 168 Å². The van der Waals surface area contributed by atoms with Crippen molar-refractivity contribution in [2.45, 2.75) is 196 Å². The Morgan fingerprint density at radius 3 is 0.968 bits per heavy atom. The minimum Gasteiger partial charge on any atom is -0.481 e. The molecule has 4 amide bonds. The monoisotopic (exact) mass is 1690 g/mol. The molecule has 0 aliphatic heterocycles. The maximum absolute atomic E-state index is 12.9. The fraction of sp³-hybridized carbons (Fsp3) is 0.375.